The van der Waals surface area contributed by atoms with Gasteiger partial charge in [0.15, 0.2) is 0 Å². The van der Waals surface area contributed by atoms with Crippen molar-refractivity contribution in [3.63, 3.8) is 0 Å². The van der Waals surface area contributed by atoms with Crippen LogP contribution in [0.1, 0.15) is 29.5 Å². The number of likely N-dealkylation sites (tertiary alicyclic amines) is 1. The third kappa shape index (κ3) is 4.85. The summed E-state index contributed by atoms with van der Waals surface area (Å²) < 4.78 is 5.23. The van der Waals surface area contributed by atoms with E-state index >= 15 is 0 Å². The molecular weight excluding hydrogens is 326 g/mol. The van der Waals surface area contributed by atoms with E-state index in [9.17, 15) is 4.79 Å². The maximum absolute atomic E-state index is 12.6. The predicted molar refractivity (Wildman–Crippen MR) is 102 cm³/mol. The van der Waals surface area contributed by atoms with Gasteiger partial charge < -0.3 is 14.7 Å². The van der Waals surface area contributed by atoms with E-state index in [0.717, 1.165) is 49.2 Å². The summed E-state index contributed by atoms with van der Waals surface area (Å²) in [5.74, 6) is 1.61. The maximum atomic E-state index is 12.6. The second-order valence-electron chi connectivity index (χ2n) is 7.03. The van der Waals surface area contributed by atoms with Gasteiger partial charge in [-0.25, -0.2) is 0 Å². The summed E-state index contributed by atoms with van der Waals surface area (Å²) in [6, 6.07) is 15.9. The van der Waals surface area contributed by atoms with E-state index in [0.29, 0.717) is 12.3 Å². The summed E-state index contributed by atoms with van der Waals surface area (Å²) in [5, 5.41) is 9.12. The van der Waals surface area contributed by atoms with Crippen molar-refractivity contribution >= 4 is 5.91 Å². The van der Waals surface area contributed by atoms with E-state index in [1.165, 1.54) is 5.56 Å². The van der Waals surface area contributed by atoms with E-state index in [1.807, 2.05) is 41.3 Å². The number of aliphatic hydroxyl groups excluding tert-OH is 1. The topological polar surface area (TPSA) is 49.8 Å². The van der Waals surface area contributed by atoms with Gasteiger partial charge in [-0.2, -0.15) is 0 Å². The summed E-state index contributed by atoms with van der Waals surface area (Å²) in [4.78, 5) is 14.6. The molecule has 138 valence electrons. The first-order chi connectivity index (χ1) is 12.7. The van der Waals surface area contributed by atoms with Gasteiger partial charge in [0, 0.05) is 13.1 Å². The van der Waals surface area contributed by atoms with Crippen molar-refractivity contribution in [3.8, 4) is 5.75 Å². The first-order valence-electron chi connectivity index (χ1n) is 9.27. The number of piperidine rings is 1. The molecular formula is C22H27NO3. The molecule has 2 aromatic carbocycles. The molecule has 1 N–H and O–H groups in total. The Hall–Kier alpha value is -2.33. The lowest BCUT2D eigenvalue weighted by atomic mass is 9.89. The van der Waals surface area contributed by atoms with Crippen LogP contribution in [-0.4, -0.2) is 36.1 Å². The SMILES string of the molecule is COc1cccc(CC(=O)N2CCC(Cc3ccc(CO)cc3)CC2)c1. The van der Waals surface area contributed by atoms with Gasteiger partial charge in [0.05, 0.1) is 20.1 Å². The van der Waals surface area contributed by atoms with Gasteiger partial charge in [0.1, 0.15) is 5.75 Å². The number of carbonyl (C=O) groups is 1. The number of rotatable bonds is 6. The van der Waals surface area contributed by atoms with Crippen molar-refractivity contribution in [1.82, 2.24) is 4.90 Å². The average Bonchev–Trinajstić information content (AvgIpc) is 2.69. The molecule has 1 saturated heterocycles. The number of ether oxygens (including phenoxy) is 1. The summed E-state index contributed by atoms with van der Waals surface area (Å²) in [5.41, 5.74) is 3.26. The highest BCUT2D eigenvalue weighted by Crippen LogP contribution is 2.23. The Morgan fingerprint density at radius 1 is 1.08 bits per heavy atom. The number of hydrogen-bond donors (Lipinski definition) is 1. The Balaban J connectivity index is 1.48. The number of amides is 1. The van der Waals surface area contributed by atoms with Gasteiger partial charge in [-0.05, 0) is 54.0 Å². The van der Waals surface area contributed by atoms with Crippen LogP contribution in [0.2, 0.25) is 0 Å². The highest BCUT2D eigenvalue weighted by molar-refractivity contribution is 5.79. The summed E-state index contributed by atoms with van der Waals surface area (Å²) in [7, 11) is 1.64. The number of nitrogens with zero attached hydrogens (tertiary/aromatic N) is 1. The number of aliphatic hydroxyl groups is 1. The van der Waals surface area contributed by atoms with Gasteiger partial charge >= 0.3 is 0 Å². The molecule has 1 aliphatic heterocycles. The summed E-state index contributed by atoms with van der Waals surface area (Å²) >= 11 is 0. The van der Waals surface area contributed by atoms with Crippen LogP contribution < -0.4 is 4.74 Å². The quantitative estimate of drug-likeness (QED) is 0.867. The van der Waals surface area contributed by atoms with Crippen molar-refractivity contribution < 1.29 is 14.6 Å². The lowest BCUT2D eigenvalue weighted by Gasteiger charge is -2.32. The fraction of sp³-hybridized carbons (Fsp3) is 0.409. The lowest BCUT2D eigenvalue weighted by Crippen LogP contribution is -2.39. The molecule has 0 bridgehead atoms. The van der Waals surface area contributed by atoms with E-state index < -0.39 is 0 Å². The molecule has 3 rings (SSSR count). The molecule has 0 atom stereocenters. The molecule has 1 amide bonds. The molecule has 4 nitrogen and oxygen atoms in total. The van der Waals surface area contributed by atoms with Gasteiger partial charge in [0.2, 0.25) is 5.91 Å². The summed E-state index contributed by atoms with van der Waals surface area (Å²) in [6.07, 6.45) is 3.57. The Morgan fingerprint density at radius 2 is 1.77 bits per heavy atom. The molecule has 0 radical (unpaired) electrons. The first kappa shape index (κ1) is 18.5. The van der Waals surface area contributed by atoms with Crippen LogP contribution in [0.15, 0.2) is 48.5 Å². The van der Waals surface area contributed by atoms with E-state index in [2.05, 4.69) is 12.1 Å². The minimum absolute atomic E-state index is 0.0913. The second kappa shape index (κ2) is 8.86. The predicted octanol–water partition coefficient (Wildman–Crippen LogP) is 3.21. The van der Waals surface area contributed by atoms with Gasteiger partial charge in [0.25, 0.3) is 0 Å². The van der Waals surface area contributed by atoms with Crippen LogP contribution in [0.5, 0.6) is 5.75 Å². The Kier molecular flexibility index (Phi) is 6.29. The molecule has 1 heterocycles. The largest absolute Gasteiger partial charge is 0.497 e. The second-order valence-corrected chi connectivity index (χ2v) is 7.03. The Bertz CT molecular complexity index is 718. The fourth-order valence-corrected chi connectivity index (χ4v) is 3.57. The van der Waals surface area contributed by atoms with Gasteiger partial charge in [-0.15, -0.1) is 0 Å². The molecule has 0 aromatic heterocycles. The van der Waals surface area contributed by atoms with E-state index in [-0.39, 0.29) is 12.5 Å². The Labute approximate surface area is 155 Å². The van der Waals surface area contributed by atoms with Crippen LogP contribution >= 0.6 is 0 Å². The monoisotopic (exact) mass is 353 g/mol. The zero-order valence-corrected chi connectivity index (χ0v) is 15.4. The minimum atomic E-state index is 0.0913. The number of hydrogen-bond acceptors (Lipinski definition) is 3. The van der Waals surface area contributed by atoms with Crippen molar-refractivity contribution in [2.45, 2.75) is 32.3 Å². The fourth-order valence-electron chi connectivity index (χ4n) is 3.57. The normalized spacial score (nSPS) is 15.1. The molecule has 0 aliphatic carbocycles. The highest BCUT2D eigenvalue weighted by Gasteiger charge is 2.23. The van der Waals surface area contributed by atoms with E-state index in [4.69, 9.17) is 9.84 Å². The molecule has 1 aliphatic rings. The third-order valence-corrected chi connectivity index (χ3v) is 5.19. The third-order valence-electron chi connectivity index (χ3n) is 5.19. The smallest absolute Gasteiger partial charge is 0.226 e. The first-order valence-corrected chi connectivity index (χ1v) is 9.27. The molecule has 26 heavy (non-hydrogen) atoms. The van der Waals surface area contributed by atoms with E-state index in [1.54, 1.807) is 7.11 Å². The number of methoxy groups -OCH3 is 1. The van der Waals surface area contributed by atoms with Crippen LogP contribution in [0.3, 0.4) is 0 Å². The van der Waals surface area contributed by atoms with Crippen LogP contribution in [0.25, 0.3) is 0 Å². The van der Waals surface area contributed by atoms with Gasteiger partial charge in [-0.1, -0.05) is 36.4 Å². The number of carbonyl (C=O) groups excluding carboxylic acids is 1. The average molecular weight is 353 g/mol. The lowest BCUT2D eigenvalue weighted by molar-refractivity contribution is -0.131. The molecule has 2 aromatic rings. The zero-order chi connectivity index (χ0) is 18.4. The molecule has 0 spiro atoms. The van der Waals surface area contributed by atoms with Gasteiger partial charge in [-0.3, -0.25) is 4.79 Å². The van der Waals surface area contributed by atoms with Crippen LogP contribution in [0.4, 0.5) is 0 Å². The van der Waals surface area contributed by atoms with Crippen molar-refractivity contribution in [2.75, 3.05) is 20.2 Å². The number of benzene rings is 2. The molecule has 1 fully saturated rings. The standard InChI is InChI=1S/C22H27NO3/c1-26-21-4-2-3-20(14-21)15-22(25)23-11-9-18(10-12-23)13-17-5-7-19(16-24)8-6-17/h2-8,14,18,24H,9-13,15-16H2,1H3. The van der Waals surface area contributed by atoms with Crippen molar-refractivity contribution in [3.05, 3.63) is 65.2 Å². The van der Waals surface area contributed by atoms with Crippen LogP contribution in [-0.2, 0) is 24.2 Å². The molecule has 4 heteroatoms. The molecule has 0 saturated carbocycles. The zero-order valence-electron chi connectivity index (χ0n) is 15.4. The highest BCUT2D eigenvalue weighted by atomic mass is 16.5. The maximum Gasteiger partial charge on any atom is 0.226 e. The van der Waals surface area contributed by atoms with Crippen LogP contribution in [0, 0.1) is 5.92 Å². The van der Waals surface area contributed by atoms with Crippen molar-refractivity contribution in [2.24, 2.45) is 5.92 Å². The Morgan fingerprint density at radius 3 is 2.42 bits per heavy atom. The van der Waals surface area contributed by atoms with Crippen molar-refractivity contribution in [1.29, 1.82) is 0 Å². The summed E-state index contributed by atoms with van der Waals surface area (Å²) in [6.45, 7) is 1.76. The minimum Gasteiger partial charge on any atom is -0.497 e. The molecule has 0 unspecified atom stereocenters.